The van der Waals surface area contributed by atoms with Crippen molar-refractivity contribution in [1.29, 1.82) is 0 Å². The Labute approximate surface area is 103 Å². The first-order valence-corrected chi connectivity index (χ1v) is 5.47. The van der Waals surface area contributed by atoms with Gasteiger partial charge in [-0.3, -0.25) is 14.3 Å². The lowest BCUT2D eigenvalue weighted by molar-refractivity contribution is -0.121. The van der Waals surface area contributed by atoms with E-state index in [0.717, 1.165) is 0 Å². The number of primary amides is 1. The van der Waals surface area contributed by atoms with Crippen molar-refractivity contribution in [3.05, 3.63) is 11.9 Å². The highest BCUT2D eigenvalue weighted by atomic mass is 16.3. The largest absolute Gasteiger partial charge is 0.396 e. The van der Waals surface area contributed by atoms with Gasteiger partial charge in [0.15, 0.2) is 5.69 Å². The molecule has 1 fully saturated rings. The number of carbonyl (C=O) groups excluding carboxylic acids is 2. The maximum absolute atomic E-state index is 12.2. The minimum Gasteiger partial charge on any atom is -0.396 e. The van der Waals surface area contributed by atoms with Crippen LogP contribution in [-0.2, 0) is 11.8 Å². The maximum Gasteiger partial charge on any atom is 0.277 e. The average molecular weight is 253 g/mol. The highest BCUT2D eigenvalue weighted by molar-refractivity contribution is 5.99. The molecule has 1 aliphatic heterocycles. The van der Waals surface area contributed by atoms with Gasteiger partial charge in [0.05, 0.1) is 11.8 Å². The molecule has 5 N–H and O–H groups in total. The number of amides is 2. The van der Waals surface area contributed by atoms with E-state index in [0.29, 0.717) is 0 Å². The molecule has 2 heterocycles. The molecule has 2 atom stereocenters. The number of nitrogen functional groups attached to an aromatic ring is 1. The van der Waals surface area contributed by atoms with Crippen LogP contribution in [0.3, 0.4) is 0 Å². The van der Waals surface area contributed by atoms with Crippen molar-refractivity contribution < 1.29 is 14.7 Å². The van der Waals surface area contributed by atoms with Gasteiger partial charge >= 0.3 is 0 Å². The van der Waals surface area contributed by atoms with Crippen molar-refractivity contribution in [3.63, 3.8) is 0 Å². The molecule has 8 heteroatoms. The van der Waals surface area contributed by atoms with Gasteiger partial charge in [0, 0.05) is 26.2 Å². The Hall–Kier alpha value is -2.09. The summed E-state index contributed by atoms with van der Waals surface area (Å²) in [5, 5.41) is 13.5. The second-order valence-corrected chi connectivity index (χ2v) is 4.37. The summed E-state index contributed by atoms with van der Waals surface area (Å²) in [5.74, 6) is -1.14. The normalized spacial score (nSPS) is 23.3. The van der Waals surface area contributed by atoms with Crippen LogP contribution >= 0.6 is 0 Å². The van der Waals surface area contributed by atoms with Crippen molar-refractivity contribution >= 4 is 17.5 Å². The van der Waals surface area contributed by atoms with Gasteiger partial charge in [-0.1, -0.05) is 0 Å². The summed E-state index contributed by atoms with van der Waals surface area (Å²) in [7, 11) is 1.64. The van der Waals surface area contributed by atoms with Gasteiger partial charge in [0.25, 0.3) is 5.91 Å². The fraction of sp³-hybridized carbons (Fsp3) is 0.500. The van der Waals surface area contributed by atoms with Gasteiger partial charge in [-0.2, -0.15) is 5.10 Å². The lowest BCUT2D eigenvalue weighted by Gasteiger charge is -2.20. The topological polar surface area (TPSA) is 127 Å². The van der Waals surface area contributed by atoms with Gasteiger partial charge in [0.2, 0.25) is 5.91 Å². The number of β-amino-alcohol motifs (C(OH)–C–C–N with tert-alkyl or cyclic N) is 1. The Morgan fingerprint density at radius 3 is 2.72 bits per heavy atom. The van der Waals surface area contributed by atoms with Crippen molar-refractivity contribution in [2.45, 2.75) is 18.6 Å². The maximum atomic E-state index is 12.2. The Morgan fingerprint density at radius 2 is 2.22 bits per heavy atom. The van der Waals surface area contributed by atoms with E-state index in [2.05, 4.69) is 5.10 Å². The third kappa shape index (κ3) is 2.02. The molecule has 2 rings (SSSR count). The number of hydrogen-bond acceptors (Lipinski definition) is 5. The molecule has 0 aromatic carbocycles. The Morgan fingerprint density at radius 1 is 1.56 bits per heavy atom. The number of aliphatic hydroxyl groups excluding tert-OH is 1. The van der Waals surface area contributed by atoms with Crippen LogP contribution < -0.4 is 11.5 Å². The fourth-order valence-electron chi connectivity index (χ4n) is 2.12. The molecule has 8 nitrogen and oxygen atoms in total. The van der Waals surface area contributed by atoms with Crippen molar-refractivity contribution in [1.82, 2.24) is 14.7 Å². The Balaban J connectivity index is 2.28. The van der Waals surface area contributed by atoms with E-state index in [1.165, 1.54) is 15.8 Å². The predicted molar refractivity (Wildman–Crippen MR) is 62.3 cm³/mol. The van der Waals surface area contributed by atoms with Gasteiger partial charge in [-0.25, -0.2) is 0 Å². The van der Waals surface area contributed by atoms with Crippen LogP contribution in [0, 0.1) is 0 Å². The van der Waals surface area contributed by atoms with E-state index in [1.807, 2.05) is 0 Å². The summed E-state index contributed by atoms with van der Waals surface area (Å²) in [6, 6.07) is -0.811. The molecule has 98 valence electrons. The molecule has 0 bridgehead atoms. The number of aryl methyl sites for hydroxylation is 1. The SMILES string of the molecule is Cn1cc(N)c(C(=O)N2CC(O)CC2C(N)=O)n1. The molecule has 0 spiro atoms. The van der Waals surface area contributed by atoms with Crippen molar-refractivity contribution in [2.24, 2.45) is 12.8 Å². The highest BCUT2D eigenvalue weighted by Gasteiger charge is 2.39. The molecule has 1 saturated heterocycles. The van der Waals surface area contributed by atoms with Gasteiger partial charge in [0.1, 0.15) is 6.04 Å². The van der Waals surface area contributed by atoms with E-state index < -0.39 is 24.0 Å². The number of aromatic nitrogens is 2. The zero-order valence-electron chi connectivity index (χ0n) is 9.91. The van der Waals surface area contributed by atoms with Gasteiger partial charge in [-0.05, 0) is 0 Å². The highest BCUT2D eigenvalue weighted by Crippen LogP contribution is 2.21. The van der Waals surface area contributed by atoms with E-state index in [1.54, 1.807) is 7.05 Å². The molecule has 2 unspecified atom stereocenters. The molecule has 0 aliphatic carbocycles. The van der Waals surface area contributed by atoms with Crippen LogP contribution in [0.4, 0.5) is 5.69 Å². The smallest absolute Gasteiger partial charge is 0.277 e. The summed E-state index contributed by atoms with van der Waals surface area (Å²) < 4.78 is 1.41. The van der Waals surface area contributed by atoms with Crippen LogP contribution in [-0.4, -0.2) is 50.3 Å². The third-order valence-corrected chi connectivity index (χ3v) is 2.93. The second-order valence-electron chi connectivity index (χ2n) is 4.37. The van der Waals surface area contributed by atoms with Gasteiger partial charge in [-0.15, -0.1) is 0 Å². The number of nitrogens with zero attached hydrogens (tertiary/aromatic N) is 3. The third-order valence-electron chi connectivity index (χ3n) is 2.93. The quantitative estimate of drug-likeness (QED) is 0.565. The molecule has 0 saturated carbocycles. The molecule has 1 aromatic rings. The fourth-order valence-corrected chi connectivity index (χ4v) is 2.12. The zero-order chi connectivity index (χ0) is 13.4. The number of likely N-dealkylation sites (tertiary alicyclic amines) is 1. The van der Waals surface area contributed by atoms with Gasteiger partial charge < -0.3 is 21.5 Å². The Kier molecular flexibility index (Phi) is 2.95. The van der Waals surface area contributed by atoms with E-state index in [-0.39, 0.29) is 24.3 Å². The van der Waals surface area contributed by atoms with Crippen LogP contribution in [0.25, 0.3) is 0 Å². The summed E-state index contributed by atoms with van der Waals surface area (Å²) in [4.78, 5) is 24.7. The molecule has 2 amide bonds. The average Bonchev–Trinajstić information content (AvgIpc) is 2.81. The lowest BCUT2D eigenvalue weighted by Crippen LogP contribution is -2.44. The first kappa shape index (κ1) is 12.4. The van der Waals surface area contributed by atoms with E-state index in [9.17, 15) is 14.7 Å². The minimum absolute atomic E-state index is 0.0580. The zero-order valence-corrected chi connectivity index (χ0v) is 9.91. The molecule has 0 radical (unpaired) electrons. The van der Waals surface area contributed by atoms with Crippen molar-refractivity contribution in [3.8, 4) is 0 Å². The molecular formula is C10H15N5O3. The number of anilines is 1. The minimum atomic E-state index is -0.811. The number of rotatable bonds is 2. The van der Waals surface area contributed by atoms with Crippen LogP contribution in [0.5, 0.6) is 0 Å². The first-order chi connectivity index (χ1) is 8.40. The standard InChI is InChI=1S/C10H15N5O3/c1-14-4-6(11)8(13-14)10(18)15-3-5(16)2-7(15)9(12)17/h4-5,7,16H,2-3,11H2,1H3,(H2,12,17). The summed E-state index contributed by atoms with van der Waals surface area (Å²) in [5.41, 5.74) is 11.2. The van der Waals surface area contributed by atoms with E-state index in [4.69, 9.17) is 11.5 Å². The molecule has 18 heavy (non-hydrogen) atoms. The first-order valence-electron chi connectivity index (χ1n) is 5.47. The van der Waals surface area contributed by atoms with Crippen LogP contribution in [0.15, 0.2) is 6.20 Å². The predicted octanol–water partition coefficient (Wildman–Crippen LogP) is -1.94. The summed E-state index contributed by atoms with van der Waals surface area (Å²) in [6.07, 6.45) is 0.892. The summed E-state index contributed by atoms with van der Waals surface area (Å²) >= 11 is 0. The van der Waals surface area contributed by atoms with Crippen LogP contribution in [0.2, 0.25) is 0 Å². The van der Waals surface area contributed by atoms with E-state index >= 15 is 0 Å². The van der Waals surface area contributed by atoms with Crippen molar-refractivity contribution in [2.75, 3.05) is 12.3 Å². The number of hydrogen-bond donors (Lipinski definition) is 3. The second kappa shape index (κ2) is 4.30. The number of nitrogens with two attached hydrogens (primary N) is 2. The molecular weight excluding hydrogens is 238 g/mol. The van der Waals surface area contributed by atoms with Crippen LogP contribution in [0.1, 0.15) is 16.9 Å². The monoisotopic (exact) mass is 253 g/mol. The molecule has 1 aliphatic rings. The lowest BCUT2D eigenvalue weighted by atomic mass is 10.2. The molecule has 1 aromatic heterocycles. The number of carbonyl (C=O) groups is 2. The number of aliphatic hydroxyl groups is 1. The Bertz CT molecular complexity index is 498. The summed E-state index contributed by atoms with van der Waals surface area (Å²) in [6.45, 7) is 0.0580.